The van der Waals surface area contributed by atoms with E-state index in [-0.39, 0.29) is 10.9 Å². The maximum absolute atomic E-state index is 13.0. The molecule has 0 radical (unpaired) electrons. The summed E-state index contributed by atoms with van der Waals surface area (Å²) in [6, 6.07) is 20.2. The van der Waals surface area contributed by atoms with Gasteiger partial charge >= 0.3 is 5.97 Å². The van der Waals surface area contributed by atoms with E-state index in [0.29, 0.717) is 12.1 Å². The summed E-state index contributed by atoms with van der Waals surface area (Å²) in [5.74, 6) is -0.910. The van der Waals surface area contributed by atoms with Gasteiger partial charge in [-0.25, -0.2) is 8.42 Å². The van der Waals surface area contributed by atoms with E-state index >= 15 is 0 Å². The third-order valence-corrected chi connectivity index (χ3v) is 8.55. The molecule has 2 unspecified atom stereocenters. The predicted octanol–water partition coefficient (Wildman–Crippen LogP) is 4.44. The SMILES string of the molecule is CN(c1ccc(C2NC(C(=O)O)Cc3c2[nH]c2cc(Br)ccc32)cc1)S(=O)(=O)c1ccccc1. The first-order valence-corrected chi connectivity index (χ1v) is 12.9. The molecule has 5 rings (SSSR count). The Kier molecular flexibility index (Phi) is 5.71. The van der Waals surface area contributed by atoms with Gasteiger partial charge in [-0.05, 0) is 47.5 Å². The molecule has 3 N–H and O–H groups in total. The molecule has 1 aromatic heterocycles. The molecule has 2 heterocycles. The standard InChI is InChI=1S/C25H22BrN3O4S/c1-29(34(32,33)18-5-3-2-4-6-18)17-10-7-15(8-11-17)23-24-20(14-22(28-23)25(30)31)19-12-9-16(26)13-21(19)27-24/h2-13,22-23,27-28H,14H2,1H3,(H,30,31). The lowest BCUT2D eigenvalue weighted by Crippen LogP contribution is -2.44. The minimum absolute atomic E-state index is 0.216. The first-order valence-electron chi connectivity index (χ1n) is 10.7. The normalized spacial score (nSPS) is 17.9. The molecule has 0 aliphatic carbocycles. The Morgan fingerprint density at radius 3 is 2.44 bits per heavy atom. The number of H-pyrrole nitrogens is 1. The van der Waals surface area contributed by atoms with Gasteiger partial charge in [0.1, 0.15) is 6.04 Å². The summed E-state index contributed by atoms with van der Waals surface area (Å²) in [4.78, 5) is 15.6. The molecule has 3 aromatic carbocycles. The van der Waals surface area contributed by atoms with E-state index in [1.807, 2.05) is 30.3 Å². The Morgan fingerprint density at radius 1 is 1.06 bits per heavy atom. The molecule has 0 bridgehead atoms. The van der Waals surface area contributed by atoms with Gasteiger partial charge in [0.2, 0.25) is 0 Å². The van der Waals surface area contributed by atoms with E-state index < -0.39 is 22.0 Å². The number of aromatic nitrogens is 1. The van der Waals surface area contributed by atoms with Crippen LogP contribution in [-0.2, 0) is 21.2 Å². The zero-order valence-corrected chi connectivity index (χ0v) is 20.6. The molecule has 174 valence electrons. The highest BCUT2D eigenvalue weighted by molar-refractivity contribution is 9.10. The first kappa shape index (κ1) is 22.6. The van der Waals surface area contributed by atoms with Gasteiger partial charge in [-0.2, -0.15) is 0 Å². The van der Waals surface area contributed by atoms with Crippen LogP contribution in [0.3, 0.4) is 0 Å². The number of aromatic amines is 1. The second-order valence-electron chi connectivity index (χ2n) is 8.28. The molecule has 2 atom stereocenters. The van der Waals surface area contributed by atoms with Crippen LogP contribution in [0, 0.1) is 0 Å². The van der Waals surface area contributed by atoms with Crippen LogP contribution in [0.4, 0.5) is 5.69 Å². The number of sulfonamides is 1. The maximum atomic E-state index is 13.0. The molecule has 9 heteroatoms. The van der Waals surface area contributed by atoms with Gasteiger partial charge in [0.15, 0.2) is 0 Å². The average Bonchev–Trinajstić information content (AvgIpc) is 3.21. The Labute approximate surface area is 205 Å². The number of nitrogens with zero attached hydrogens (tertiary/aromatic N) is 1. The van der Waals surface area contributed by atoms with Crippen LogP contribution in [-0.4, -0.2) is 37.6 Å². The minimum atomic E-state index is -3.69. The molecule has 34 heavy (non-hydrogen) atoms. The fourth-order valence-corrected chi connectivity index (χ4v) is 6.03. The highest BCUT2D eigenvalue weighted by atomic mass is 79.9. The van der Waals surface area contributed by atoms with Gasteiger partial charge in [-0.15, -0.1) is 0 Å². The minimum Gasteiger partial charge on any atom is -0.480 e. The number of carboxylic acid groups (broad SMARTS) is 1. The van der Waals surface area contributed by atoms with Crippen molar-refractivity contribution in [1.29, 1.82) is 0 Å². The monoisotopic (exact) mass is 539 g/mol. The van der Waals surface area contributed by atoms with Crippen LogP contribution in [0.5, 0.6) is 0 Å². The molecule has 0 spiro atoms. The van der Waals surface area contributed by atoms with E-state index in [1.165, 1.54) is 11.4 Å². The molecule has 1 aliphatic rings. The van der Waals surface area contributed by atoms with Gasteiger partial charge in [0.25, 0.3) is 10.0 Å². The maximum Gasteiger partial charge on any atom is 0.321 e. The molecule has 1 aliphatic heterocycles. The van der Waals surface area contributed by atoms with Gasteiger partial charge in [-0.3, -0.25) is 14.4 Å². The van der Waals surface area contributed by atoms with Gasteiger partial charge < -0.3 is 10.1 Å². The molecule has 0 amide bonds. The fraction of sp³-hybridized carbons (Fsp3) is 0.160. The number of halogens is 1. The van der Waals surface area contributed by atoms with Crippen molar-refractivity contribution in [3.8, 4) is 0 Å². The number of hydrogen-bond acceptors (Lipinski definition) is 4. The molecular weight excluding hydrogens is 518 g/mol. The van der Waals surface area contributed by atoms with E-state index in [0.717, 1.165) is 32.2 Å². The van der Waals surface area contributed by atoms with Crippen molar-refractivity contribution in [1.82, 2.24) is 10.3 Å². The van der Waals surface area contributed by atoms with Crippen molar-refractivity contribution in [2.24, 2.45) is 0 Å². The Bertz CT molecular complexity index is 1480. The summed E-state index contributed by atoms with van der Waals surface area (Å²) in [6.45, 7) is 0. The number of anilines is 1. The van der Waals surface area contributed by atoms with Crippen molar-refractivity contribution in [3.63, 3.8) is 0 Å². The van der Waals surface area contributed by atoms with Gasteiger partial charge in [0.05, 0.1) is 16.6 Å². The fourth-order valence-electron chi connectivity index (χ4n) is 4.45. The predicted molar refractivity (Wildman–Crippen MR) is 135 cm³/mol. The van der Waals surface area contributed by atoms with Gasteiger partial charge in [-0.1, -0.05) is 52.3 Å². The van der Waals surface area contributed by atoms with Crippen LogP contribution in [0.15, 0.2) is 82.2 Å². The summed E-state index contributed by atoms with van der Waals surface area (Å²) >= 11 is 3.49. The molecule has 0 saturated carbocycles. The van der Waals surface area contributed by atoms with Crippen LogP contribution in [0.2, 0.25) is 0 Å². The van der Waals surface area contributed by atoms with Crippen LogP contribution in [0.1, 0.15) is 22.9 Å². The largest absolute Gasteiger partial charge is 0.480 e. The smallest absolute Gasteiger partial charge is 0.321 e. The highest BCUT2D eigenvalue weighted by Gasteiger charge is 2.34. The lowest BCUT2D eigenvalue weighted by atomic mass is 9.90. The molecule has 0 fully saturated rings. The Balaban J connectivity index is 1.52. The van der Waals surface area contributed by atoms with Crippen LogP contribution in [0.25, 0.3) is 10.9 Å². The zero-order chi connectivity index (χ0) is 24.0. The summed E-state index contributed by atoms with van der Waals surface area (Å²) in [7, 11) is -2.17. The molecular formula is C25H22BrN3O4S. The Morgan fingerprint density at radius 2 is 1.76 bits per heavy atom. The lowest BCUT2D eigenvalue weighted by molar-refractivity contribution is -0.139. The number of aliphatic carboxylic acids is 1. The van der Waals surface area contributed by atoms with Crippen molar-refractivity contribution < 1.29 is 18.3 Å². The highest BCUT2D eigenvalue weighted by Crippen LogP contribution is 2.36. The van der Waals surface area contributed by atoms with E-state index in [2.05, 4.69) is 26.2 Å². The van der Waals surface area contributed by atoms with E-state index in [4.69, 9.17) is 0 Å². The van der Waals surface area contributed by atoms with E-state index in [1.54, 1.807) is 42.5 Å². The second kappa shape index (κ2) is 8.57. The van der Waals surface area contributed by atoms with E-state index in [9.17, 15) is 18.3 Å². The van der Waals surface area contributed by atoms with Crippen LogP contribution < -0.4 is 9.62 Å². The van der Waals surface area contributed by atoms with Crippen LogP contribution >= 0.6 is 15.9 Å². The number of carbonyl (C=O) groups is 1. The first-order chi connectivity index (χ1) is 16.3. The summed E-state index contributed by atoms with van der Waals surface area (Å²) in [5.41, 5.74) is 4.18. The topological polar surface area (TPSA) is 102 Å². The van der Waals surface area contributed by atoms with Crippen molar-refractivity contribution in [3.05, 3.63) is 94.1 Å². The zero-order valence-electron chi connectivity index (χ0n) is 18.2. The number of hydrogen-bond donors (Lipinski definition) is 3. The van der Waals surface area contributed by atoms with Crippen molar-refractivity contribution in [2.45, 2.75) is 23.4 Å². The molecule has 7 nitrogen and oxygen atoms in total. The lowest BCUT2D eigenvalue weighted by Gasteiger charge is -2.30. The van der Waals surface area contributed by atoms with Gasteiger partial charge in [0, 0.05) is 34.5 Å². The average molecular weight is 540 g/mol. The number of nitrogens with one attached hydrogen (secondary N) is 2. The summed E-state index contributed by atoms with van der Waals surface area (Å²) < 4.78 is 28.1. The van der Waals surface area contributed by atoms with Crippen molar-refractivity contribution >= 4 is 48.5 Å². The summed E-state index contributed by atoms with van der Waals surface area (Å²) in [6.07, 6.45) is 0.374. The number of rotatable bonds is 5. The number of benzene rings is 3. The summed E-state index contributed by atoms with van der Waals surface area (Å²) in [5, 5.41) is 14.0. The Hall–Kier alpha value is -3.14. The number of fused-ring (bicyclic) bond motifs is 3. The molecule has 0 saturated heterocycles. The molecule has 4 aromatic rings. The number of carboxylic acids is 1. The quantitative estimate of drug-likeness (QED) is 0.347. The second-order valence-corrected chi connectivity index (χ2v) is 11.2. The third kappa shape index (κ3) is 3.89. The van der Waals surface area contributed by atoms with Crippen molar-refractivity contribution in [2.75, 3.05) is 11.4 Å². The third-order valence-electron chi connectivity index (χ3n) is 6.26.